The zero-order chi connectivity index (χ0) is 13.0. The predicted octanol–water partition coefficient (Wildman–Crippen LogP) is 4.34. The van der Waals surface area contributed by atoms with Crippen LogP contribution in [0.3, 0.4) is 0 Å². The molecule has 0 heterocycles. The molecule has 4 heteroatoms. The maximum absolute atomic E-state index is 13.1. The summed E-state index contributed by atoms with van der Waals surface area (Å²) in [5, 5.41) is 0. The van der Waals surface area contributed by atoms with Crippen LogP contribution in [0.5, 0.6) is 0 Å². The summed E-state index contributed by atoms with van der Waals surface area (Å²) in [6.07, 6.45) is 0. The quantitative estimate of drug-likeness (QED) is 0.846. The zero-order valence-electron chi connectivity index (χ0n) is 9.70. The summed E-state index contributed by atoms with van der Waals surface area (Å²) in [6, 6.07) is 13.3. The minimum absolute atomic E-state index is 0.228. The third-order valence-electron chi connectivity index (χ3n) is 2.52. The lowest BCUT2D eigenvalue weighted by atomic mass is 10.2. The van der Waals surface area contributed by atoms with Crippen molar-refractivity contribution in [2.24, 2.45) is 5.73 Å². The van der Waals surface area contributed by atoms with Gasteiger partial charge in [0.2, 0.25) is 0 Å². The average Bonchev–Trinajstić information content (AvgIpc) is 2.40. The molecular formula is C14H13BrFNS. The van der Waals surface area contributed by atoms with Crippen LogP contribution in [0.25, 0.3) is 0 Å². The van der Waals surface area contributed by atoms with Gasteiger partial charge in [0.05, 0.1) is 4.47 Å². The van der Waals surface area contributed by atoms with Crippen LogP contribution in [-0.4, -0.2) is 0 Å². The van der Waals surface area contributed by atoms with Gasteiger partial charge in [0, 0.05) is 17.2 Å². The topological polar surface area (TPSA) is 26.0 Å². The van der Waals surface area contributed by atoms with Gasteiger partial charge >= 0.3 is 0 Å². The summed E-state index contributed by atoms with van der Waals surface area (Å²) in [4.78, 5) is 1.18. The predicted molar refractivity (Wildman–Crippen MR) is 78.0 cm³/mol. The summed E-state index contributed by atoms with van der Waals surface area (Å²) in [7, 11) is 0. The van der Waals surface area contributed by atoms with E-state index in [1.165, 1.54) is 11.0 Å². The molecule has 1 nitrogen and oxygen atoms in total. The number of halogens is 2. The lowest BCUT2D eigenvalue weighted by Crippen LogP contribution is -1.95. The van der Waals surface area contributed by atoms with E-state index in [1.807, 2.05) is 18.2 Å². The Morgan fingerprint density at radius 3 is 2.67 bits per heavy atom. The molecule has 2 aromatic rings. The fraction of sp³-hybridized carbons (Fsp3) is 0.143. The smallest absolute Gasteiger partial charge is 0.137 e. The number of benzene rings is 2. The van der Waals surface area contributed by atoms with Gasteiger partial charge in [0.15, 0.2) is 0 Å². The van der Waals surface area contributed by atoms with Gasteiger partial charge in [-0.3, -0.25) is 0 Å². The number of hydrogen-bond donors (Lipinski definition) is 1. The second-order valence-corrected chi connectivity index (χ2v) is 5.79. The molecule has 2 N–H and O–H groups in total. The van der Waals surface area contributed by atoms with E-state index in [1.54, 1.807) is 17.8 Å². The Balaban J connectivity index is 2.04. The van der Waals surface area contributed by atoms with Crippen molar-refractivity contribution < 1.29 is 4.39 Å². The van der Waals surface area contributed by atoms with Crippen molar-refractivity contribution in [2.75, 3.05) is 0 Å². The minimum Gasteiger partial charge on any atom is -0.326 e. The maximum Gasteiger partial charge on any atom is 0.137 e. The van der Waals surface area contributed by atoms with Crippen LogP contribution in [0, 0.1) is 5.82 Å². The molecule has 0 amide bonds. The number of hydrogen-bond acceptors (Lipinski definition) is 2. The van der Waals surface area contributed by atoms with E-state index >= 15 is 0 Å². The summed E-state index contributed by atoms with van der Waals surface area (Å²) in [5.41, 5.74) is 7.82. The Morgan fingerprint density at radius 1 is 1.11 bits per heavy atom. The lowest BCUT2D eigenvalue weighted by Gasteiger charge is -2.05. The highest BCUT2D eigenvalue weighted by Gasteiger charge is 2.02. The fourth-order valence-electron chi connectivity index (χ4n) is 1.56. The highest BCUT2D eigenvalue weighted by molar-refractivity contribution is 9.10. The molecule has 0 saturated heterocycles. The molecule has 0 bridgehead atoms. The van der Waals surface area contributed by atoms with Gasteiger partial charge < -0.3 is 5.73 Å². The third-order valence-corrected chi connectivity index (χ3v) is 4.20. The summed E-state index contributed by atoms with van der Waals surface area (Å²) >= 11 is 4.91. The fourth-order valence-corrected chi connectivity index (χ4v) is 2.91. The van der Waals surface area contributed by atoms with Crippen molar-refractivity contribution in [1.82, 2.24) is 0 Å². The molecule has 0 aliphatic rings. The van der Waals surface area contributed by atoms with Gasteiger partial charge in [0.1, 0.15) is 5.82 Å². The first-order chi connectivity index (χ1) is 8.69. The number of rotatable bonds is 4. The van der Waals surface area contributed by atoms with E-state index in [0.29, 0.717) is 11.0 Å². The molecule has 0 fully saturated rings. The van der Waals surface area contributed by atoms with Crippen LogP contribution in [-0.2, 0) is 12.3 Å². The van der Waals surface area contributed by atoms with Crippen molar-refractivity contribution in [3.63, 3.8) is 0 Å². The molecule has 2 aromatic carbocycles. The monoisotopic (exact) mass is 325 g/mol. The van der Waals surface area contributed by atoms with E-state index in [4.69, 9.17) is 5.73 Å². The molecule has 0 unspecified atom stereocenters. The van der Waals surface area contributed by atoms with Gasteiger partial charge in [-0.25, -0.2) is 4.39 Å². The van der Waals surface area contributed by atoms with Gasteiger partial charge in [-0.1, -0.05) is 18.2 Å². The highest BCUT2D eigenvalue weighted by atomic mass is 79.9. The molecular weight excluding hydrogens is 313 g/mol. The van der Waals surface area contributed by atoms with Crippen LogP contribution in [0.1, 0.15) is 11.1 Å². The van der Waals surface area contributed by atoms with Crippen LogP contribution >= 0.6 is 27.7 Å². The minimum atomic E-state index is -0.228. The van der Waals surface area contributed by atoms with E-state index in [2.05, 4.69) is 28.1 Å². The molecule has 0 aliphatic carbocycles. The summed E-state index contributed by atoms with van der Waals surface area (Å²) in [6.45, 7) is 0.552. The zero-order valence-corrected chi connectivity index (χ0v) is 12.1. The Labute approximate surface area is 119 Å². The van der Waals surface area contributed by atoms with Crippen LogP contribution in [0.2, 0.25) is 0 Å². The average molecular weight is 326 g/mol. The van der Waals surface area contributed by atoms with Gasteiger partial charge in [-0.05, 0) is 51.3 Å². The maximum atomic E-state index is 13.1. The van der Waals surface area contributed by atoms with E-state index in [0.717, 1.165) is 16.9 Å². The Bertz CT molecular complexity index is 545. The van der Waals surface area contributed by atoms with E-state index in [9.17, 15) is 4.39 Å². The lowest BCUT2D eigenvalue weighted by molar-refractivity contribution is 0.620. The standard InChI is InChI=1S/C14H13BrFNS/c15-13-7-11(4-5-14(13)16)9-18-12-3-1-2-10(6-12)8-17/h1-7H,8-9,17H2. The number of thioether (sulfide) groups is 1. The van der Waals surface area contributed by atoms with Crippen molar-refractivity contribution in [1.29, 1.82) is 0 Å². The van der Waals surface area contributed by atoms with Crippen LogP contribution in [0.15, 0.2) is 51.8 Å². The molecule has 18 heavy (non-hydrogen) atoms. The largest absolute Gasteiger partial charge is 0.326 e. The van der Waals surface area contributed by atoms with Gasteiger partial charge in [-0.2, -0.15) is 0 Å². The molecule has 0 saturated carbocycles. The Morgan fingerprint density at radius 2 is 1.94 bits per heavy atom. The van der Waals surface area contributed by atoms with Gasteiger partial charge in [-0.15, -0.1) is 11.8 Å². The first-order valence-corrected chi connectivity index (χ1v) is 7.32. The SMILES string of the molecule is NCc1cccc(SCc2ccc(F)c(Br)c2)c1. The van der Waals surface area contributed by atoms with E-state index < -0.39 is 0 Å². The highest BCUT2D eigenvalue weighted by Crippen LogP contribution is 2.25. The second-order valence-electron chi connectivity index (χ2n) is 3.89. The number of nitrogens with two attached hydrogens (primary N) is 1. The molecule has 0 atom stereocenters. The molecule has 0 aliphatic heterocycles. The molecule has 0 spiro atoms. The first-order valence-electron chi connectivity index (χ1n) is 5.55. The van der Waals surface area contributed by atoms with Crippen molar-refractivity contribution in [2.45, 2.75) is 17.2 Å². The molecule has 0 radical (unpaired) electrons. The summed E-state index contributed by atoms with van der Waals surface area (Å²) < 4.78 is 13.6. The van der Waals surface area contributed by atoms with E-state index in [-0.39, 0.29) is 5.82 Å². The summed E-state index contributed by atoms with van der Waals surface area (Å²) in [5.74, 6) is 0.585. The first kappa shape index (κ1) is 13.6. The molecule has 2 rings (SSSR count). The van der Waals surface area contributed by atoms with Crippen LogP contribution in [0.4, 0.5) is 4.39 Å². The molecule has 0 aromatic heterocycles. The Hall–Kier alpha value is -0.840. The van der Waals surface area contributed by atoms with Crippen molar-refractivity contribution >= 4 is 27.7 Å². The second kappa shape index (κ2) is 6.36. The molecule has 94 valence electrons. The van der Waals surface area contributed by atoms with Crippen molar-refractivity contribution in [3.8, 4) is 0 Å². The van der Waals surface area contributed by atoms with Gasteiger partial charge in [0.25, 0.3) is 0 Å². The Kier molecular flexibility index (Phi) is 4.80. The van der Waals surface area contributed by atoms with Crippen molar-refractivity contribution in [3.05, 3.63) is 63.9 Å². The third kappa shape index (κ3) is 3.57. The normalized spacial score (nSPS) is 10.6. The van der Waals surface area contributed by atoms with Crippen LogP contribution < -0.4 is 5.73 Å².